The Morgan fingerprint density at radius 1 is 1.43 bits per heavy atom. The molecule has 0 spiro atoms. The molecule has 3 nitrogen and oxygen atoms in total. The number of rotatable bonds is 4. The average Bonchev–Trinajstić information content (AvgIpc) is 2.90. The van der Waals surface area contributed by atoms with Crippen LogP contribution in [0.4, 0.5) is 4.39 Å². The topological polar surface area (TPSA) is 44.9 Å². The maximum Gasteiger partial charge on any atom is 0.126 e. The lowest BCUT2D eigenvalue weighted by Gasteiger charge is -2.40. The summed E-state index contributed by atoms with van der Waals surface area (Å²) in [5.41, 5.74) is 1.65. The Kier molecular flexibility index (Phi) is 3.81. The summed E-state index contributed by atoms with van der Waals surface area (Å²) in [6.45, 7) is 3.78. The van der Waals surface area contributed by atoms with E-state index in [1.54, 1.807) is 6.07 Å². The Morgan fingerprint density at radius 2 is 2.29 bits per heavy atom. The van der Waals surface area contributed by atoms with Gasteiger partial charge in [0.05, 0.1) is 0 Å². The third kappa shape index (κ3) is 2.48. The van der Waals surface area contributed by atoms with Gasteiger partial charge < -0.3 is 15.1 Å². The molecule has 1 aromatic heterocycles. The summed E-state index contributed by atoms with van der Waals surface area (Å²) in [5.74, 6) is -0.107. The average molecular weight is 288 g/mol. The van der Waals surface area contributed by atoms with Gasteiger partial charge in [-0.3, -0.25) is 0 Å². The van der Waals surface area contributed by atoms with Gasteiger partial charge in [0.1, 0.15) is 12.1 Å². The number of piperidine rings is 1. The molecule has 1 fully saturated rings. The van der Waals surface area contributed by atoms with Crippen molar-refractivity contribution in [2.24, 2.45) is 5.41 Å². The zero-order valence-electron chi connectivity index (χ0n) is 12.3. The van der Waals surface area contributed by atoms with E-state index in [2.05, 4.69) is 17.2 Å². The molecule has 1 saturated heterocycles. The number of fused-ring (bicyclic) bond motifs is 1. The minimum atomic E-state index is -0.306. The van der Waals surface area contributed by atoms with E-state index < -0.39 is 0 Å². The van der Waals surface area contributed by atoms with Crippen molar-refractivity contribution in [2.75, 3.05) is 13.1 Å². The van der Waals surface area contributed by atoms with E-state index in [-0.39, 0.29) is 17.2 Å². The number of aldehydes is 1. The maximum atomic E-state index is 13.3. The molecule has 0 aliphatic carbocycles. The number of aromatic amines is 1. The lowest BCUT2D eigenvalue weighted by atomic mass is 9.68. The van der Waals surface area contributed by atoms with Crippen molar-refractivity contribution in [3.05, 3.63) is 35.8 Å². The highest BCUT2D eigenvalue weighted by molar-refractivity contribution is 5.81. The number of H-pyrrole nitrogens is 1. The molecule has 21 heavy (non-hydrogen) atoms. The number of benzene rings is 1. The van der Waals surface area contributed by atoms with E-state index in [0.717, 1.165) is 55.2 Å². The third-order valence-corrected chi connectivity index (χ3v) is 4.74. The van der Waals surface area contributed by atoms with Crippen molar-refractivity contribution in [2.45, 2.75) is 32.1 Å². The van der Waals surface area contributed by atoms with Gasteiger partial charge in [0.15, 0.2) is 0 Å². The van der Waals surface area contributed by atoms with Crippen molar-refractivity contribution < 1.29 is 9.18 Å². The lowest BCUT2D eigenvalue weighted by Crippen LogP contribution is -2.44. The summed E-state index contributed by atoms with van der Waals surface area (Å²) in [6.07, 6.45) is 3.89. The molecule has 1 aliphatic heterocycles. The zero-order chi connectivity index (χ0) is 14.9. The van der Waals surface area contributed by atoms with Gasteiger partial charge in [-0.1, -0.05) is 13.3 Å². The number of halogens is 1. The summed E-state index contributed by atoms with van der Waals surface area (Å²) in [5, 5.41) is 4.25. The number of hydrogen-bond acceptors (Lipinski definition) is 2. The predicted octanol–water partition coefficient (Wildman–Crippen LogP) is 3.37. The molecular formula is C17H21FN2O. The van der Waals surface area contributed by atoms with Gasteiger partial charge in [0.2, 0.25) is 0 Å². The van der Waals surface area contributed by atoms with Crippen LogP contribution in [0.1, 0.15) is 37.8 Å². The molecule has 1 aromatic carbocycles. The molecule has 0 radical (unpaired) electrons. The van der Waals surface area contributed by atoms with Crippen LogP contribution in [-0.4, -0.2) is 24.4 Å². The lowest BCUT2D eigenvalue weighted by molar-refractivity contribution is -0.119. The maximum absolute atomic E-state index is 13.3. The number of aromatic nitrogens is 1. The van der Waals surface area contributed by atoms with Gasteiger partial charge in [0, 0.05) is 34.5 Å². The van der Waals surface area contributed by atoms with Crippen molar-refractivity contribution in [1.29, 1.82) is 0 Å². The second kappa shape index (κ2) is 5.60. The molecule has 4 heteroatoms. The summed E-state index contributed by atoms with van der Waals surface area (Å²) in [7, 11) is 0. The van der Waals surface area contributed by atoms with Crippen LogP contribution in [0, 0.1) is 11.2 Å². The van der Waals surface area contributed by atoms with Crippen LogP contribution in [0.3, 0.4) is 0 Å². The number of carbonyl (C=O) groups is 1. The minimum Gasteiger partial charge on any atom is -0.358 e. The Labute approximate surface area is 123 Å². The van der Waals surface area contributed by atoms with Crippen molar-refractivity contribution in [3.63, 3.8) is 0 Å². The quantitative estimate of drug-likeness (QED) is 0.847. The number of nitrogens with one attached hydrogen (secondary N) is 2. The van der Waals surface area contributed by atoms with Crippen LogP contribution >= 0.6 is 0 Å². The molecule has 0 bridgehead atoms. The van der Waals surface area contributed by atoms with Crippen LogP contribution in [0.25, 0.3) is 10.9 Å². The number of hydrogen-bond donors (Lipinski definition) is 2. The van der Waals surface area contributed by atoms with Crippen molar-refractivity contribution >= 4 is 17.2 Å². The fourth-order valence-electron chi connectivity index (χ4n) is 3.64. The normalized spacial score (nSPS) is 26.1. The SMILES string of the molecule is CCCC1(C=O)CCNCC1c1cc2cc(F)ccc2[nH]1. The molecule has 112 valence electrons. The van der Waals surface area contributed by atoms with E-state index in [0.29, 0.717) is 0 Å². The van der Waals surface area contributed by atoms with Crippen LogP contribution in [0.15, 0.2) is 24.3 Å². The minimum absolute atomic E-state index is 0.124. The molecule has 2 aromatic rings. The van der Waals surface area contributed by atoms with Gasteiger partial charge in [-0.2, -0.15) is 0 Å². The van der Waals surface area contributed by atoms with E-state index in [9.17, 15) is 9.18 Å². The molecule has 2 N–H and O–H groups in total. The van der Waals surface area contributed by atoms with E-state index >= 15 is 0 Å². The van der Waals surface area contributed by atoms with Crippen LogP contribution in [0.5, 0.6) is 0 Å². The first-order valence-electron chi connectivity index (χ1n) is 7.64. The summed E-state index contributed by atoms with van der Waals surface area (Å²) in [4.78, 5) is 15.2. The Bertz CT molecular complexity index is 647. The smallest absolute Gasteiger partial charge is 0.126 e. The van der Waals surface area contributed by atoms with Gasteiger partial charge in [0.25, 0.3) is 0 Å². The molecule has 0 amide bonds. The van der Waals surface area contributed by atoms with E-state index in [1.807, 2.05) is 6.07 Å². The molecule has 3 rings (SSSR count). The summed E-state index contributed by atoms with van der Waals surface area (Å²) < 4.78 is 13.3. The molecule has 2 unspecified atom stereocenters. The first-order valence-corrected chi connectivity index (χ1v) is 7.64. The first kappa shape index (κ1) is 14.3. The zero-order valence-corrected chi connectivity index (χ0v) is 12.3. The first-order chi connectivity index (χ1) is 10.2. The molecule has 0 saturated carbocycles. The monoisotopic (exact) mass is 288 g/mol. The third-order valence-electron chi connectivity index (χ3n) is 4.74. The van der Waals surface area contributed by atoms with E-state index in [4.69, 9.17) is 0 Å². The Balaban J connectivity index is 2.03. The standard InChI is InChI=1S/C17H21FN2O/c1-2-5-17(11-21)6-7-19-10-14(17)16-9-12-8-13(18)3-4-15(12)20-16/h3-4,8-9,11,14,19-20H,2,5-7,10H2,1H3. The van der Waals surface area contributed by atoms with Crippen LogP contribution in [-0.2, 0) is 4.79 Å². The van der Waals surface area contributed by atoms with Gasteiger partial charge in [-0.15, -0.1) is 0 Å². The van der Waals surface area contributed by atoms with E-state index in [1.165, 1.54) is 12.1 Å². The fourth-order valence-corrected chi connectivity index (χ4v) is 3.64. The van der Waals surface area contributed by atoms with Gasteiger partial charge in [-0.25, -0.2) is 4.39 Å². The van der Waals surface area contributed by atoms with Gasteiger partial charge >= 0.3 is 0 Å². The van der Waals surface area contributed by atoms with Crippen LogP contribution in [0.2, 0.25) is 0 Å². The highest BCUT2D eigenvalue weighted by atomic mass is 19.1. The molecule has 1 aliphatic rings. The second-order valence-electron chi connectivity index (χ2n) is 6.06. The van der Waals surface area contributed by atoms with Crippen molar-refractivity contribution in [1.82, 2.24) is 10.3 Å². The highest BCUT2D eigenvalue weighted by Crippen LogP contribution is 2.43. The van der Waals surface area contributed by atoms with Gasteiger partial charge in [-0.05, 0) is 43.7 Å². The number of carbonyl (C=O) groups excluding carboxylic acids is 1. The fraction of sp³-hybridized carbons (Fsp3) is 0.471. The Morgan fingerprint density at radius 3 is 3.05 bits per heavy atom. The Hall–Kier alpha value is -1.68. The predicted molar refractivity (Wildman–Crippen MR) is 81.9 cm³/mol. The highest BCUT2D eigenvalue weighted by Gasteiger charge is 2.41. The molecular weight excluding hydrogens is 267 g/mol. The largest absolute Gasteiger partial charge is 0.358 e. The molecule has 2 heterocycles. The summed E-state index contributed by atoms with van der Waals surface area (Å²) in [6, 6.07) is 6.74. The second-order valence-corrected chi connectivity index (χ2v) is 6.06. The van der Waals surface area contributed by atoms with Crippen LogP contribution < -0.4 is 5.32 Å². The molecule has 2 atom stereocenters. The van der Waals surface area contributed by atoms with Crippen molar-refractivity contribution in [3.8, 4) is 0 Å². The summed E-state index contributed by atoms with van der Waals surface area (Å²) >= 11 is 0.